The number of carbonyl (C=O) groups is 2. The summed E-state index contributed by atoms with van der Waals surface area (Å²) in [5, 5.41) is 23.4. The predicted molar refractivity (Wildman–Crippen MR) is 357 cm³/mol. The quantitative estimate of drug-likeness (QED) is 0.0417. The number of carbonyl (C=O) groups excluding carboxylic acids is 2. The lowest BCUT2D eigenvalue weighted by atomic mass is 10.0. The second-order valence-electron chi connectivity index (χ2n) is 26.4. The molecular formula is C75H149NO5. The molecule has 6 heteroatoms. The van der Waals surface area contributed by atoms with Gasteiger partial charge in [0.2, 0.25) is 5.91 Å². The van der Waals surface area contributed by atoms with Crippen molar-refractivity contribution in [3.8, 4) is 0 Å². The maximum absolute atomic E-state index is 12.6. The van der Waals surface area contributed by atoms with Gasteiger partial charge < -0.3 is 20.3 Å². The third-order valence-electron chi connectivity index (χ3n) is 18.2. The standard InChI is InChI=1S/C75H149NO5/c1-3-5-7-9-11-13-15-17-19-21-23-32-35-39-43-47-51-55-59-63-67-73(78)72(71-77)76-74(79)68-64-60-56-52-48-44-40-36-33-29-27-25-24-26-28-30-34-38-42-46-50-54-58-62-66-70-81-75(80)69-65-61-57-53-49-45-41-37-31-22-20-18-16-14-12-10-8-6-4-2/h72-73,77-78H,3-71H2,1-2H3,(H,76,79). The van der Waals surface area contributed by atoms with Crippen molar-refractivity contribution in [2.75, 3.05) is 13.2 Å². The largest absolute Gasteiger partial charge is 0.466 e. The van der Waals surface area contributed by atoms with E-state index in [1.807, 2.05) is 0 Å². The number of amides is 1. The van der Waals surface area contributed by atoms with Gasteiger partial charge in [-0.15, -0.1) is 0 Å². The van der Waals surface area contributed by atoms with E-state index in [9.17, 15) is 19.8 Å². The lowest BCUT2D eigenvalue weighted by Crippen LogP contribution is -2.45. The van der Waals surface area contributed by atoms with E-state index in [0.717, 1.165) is 38.5 Å². The number of rotatable bonds is 72. The molecule has 3 N–H and O–H groups in total. The zero-order valence-corrected chi connectivity index (χ0v) is 55.6. The van der Waals surface area contributed by atoms with Gasteiger partial charge in [-0.2, -0.15) is 0 Å². The highest BCUT2D eigenvalue weighted by Crippen LogP contribution is 2.20. The predicted octanol–water partition coefficient (Wildman–Crippen LogP) is 24.5. The van der Waals surface area contributed by atoms with E-state index >= 15 is 0 Å². The van der Waals surface area contributed by atoms with Crippen LogP contribution in [0, 0.1) is 0 Å². The number of hydrogen-bond acceptors (Lipinski definition) is 5. The molecule has 0 fully saturated rings. The Bertz CT molecular complexity index is 1180. The van der Waals surface area contributed by atoms with Gasteiger partial charge in [0, 0.05) is 12.8 Å². The van der Waals surface area contributed by atoms with Gasteiger partial charge in [0.25, 0.3) is 0 Å². The van der Waals surface area contributed by atoms with Crippen molar-refractivity contribution in [2.24, 2.45) is 0 Å². The van der Waals surface area contributed by atoms with Crippen molar-refractivity contribution in [3.05, 3.63) is 0 Å². The average Bonchev–Trinajstić information content (AvgIpc) is 3.47. The van der Waals surface area contributed by atoms with E-state index in [-0.39, 0.29) is 18.5 Å². The smallest absolute Gasteiger partial charge is 0.305 e. The maximum atomic E-state index is 12.6. The summed E-state index contributed by atoms with van der Waals surface area (Å²) in [5.74, 6) is -0.00467. The van der Waals surface area contributed by atoms with E-state index in [4.69, 9.17) is 4.74 Å². The Balaban J connectivity index is 3.33. The molecule has 6 nitrogen and oxygen atoms in total. The van der Waals surface area contributed by atoms with E-state index in [1.165, 1.54) is 372 Å². The Hall–Kier alpha value is -1.14. The molecule has 0 aromatic rings. The van der Waals surface area contributed by atoms with E-state index < -0.39 is 12.1 Å². The van der Waals surface area contributed by atoms with Crippen LogP contribution in [0.4, 0.5) is 0 Å². The molecule has 0 aliphatic heterocycles. The summed E-state index contributed by atoms with van der Waals surface area (Å²) in [4.78, 5) is 24.7. The fraction of sp³-hybridized carbons (Fsp3) is 0.973. The van der Waals surface area contributed by atoms with Crippen molar-refractivity contribution in [1.29, 1.82) is 0 Å². The van der Waals surface area contributed by atoms with E-state index in [2.05, 4.69) is 19.2 Å². The molecule has 81 heavy (non-hydrogen) atoms. The Morgan fingerprint density at radius 1 is 0.296 bits per heavy atom. The van der Waals surface area contributed by atoms with Crippen LogP contribution in [0.25, 0.3) is 0 Å². The highest BCUT2D eigenvalue weighted by atomic mass is 16.5. The van der Waals surface area contributed by atoms with Crippen molar-refractivity contribution in [2.45, 2.75) is 456 Å². The summed E-state index contributed by atoms with van der Waals surface area (Å²) in [6.07, 6.45) is 87.4. The van der Waals surface area contributed by atoms with Crippen molar-refractivity contribution in [1.82, 2.24) is 5.32 Å². The van der Waals surface area contributed by atoms with Crippen LogP contribution in [-0.4, -0.2) is 47.4 Å². The molecule has 0 saturated carbocycles. The SMILES string of the molecule is CCCCCCCCCCCCCCCCCCCCCCC(O)C(CO)NC(=O)CCCCCCCCCCCCCCCCCCCCCCCCCCCOC(=O)CCCCCCCCCCCCCCCCCCCCC. The highest BCUT2D eigenvalue weighted by molar-refractivity contribution is 5.76. The van der Waals surface area contributed by atoms with Crippen LogP contribution in [0.2, 0.25) is 0 Å². The fourth-order valence-corrected chi connectivity index (χ4v) is 12.4. The molecule has 0 rings (SSSR count). The lowest BCUT2D eigenvalue weighted by molar-refractivity contribution is -0.143. The number of esters is 1. The van der Waals surface area contributed by atoms with Gasteiger partial charge in [0.1, 0.15) is 0 Å². The summed E-state index contributed by atoms with van der Waals surface area (Å²) in [6.45, 7) is 5.02. The van der Waals surface area contributed by atoms with Gasteiger partial charge in [-0.3, -0.25) is 9.59 Å². The zero-order chi connectivity index (χ0) is 58.5. The summed E-state index contributed by atoms with van der Waals surface area (Å²) in [6, 6.07) is -0.540. The number of nitrogens with one attached hydrogen (secondary N) is 1. The van der Waals surface area contributed by atoms with Crippen molar-refractivity contribution < 1.29 is 24.5 Å². The van der Waals surface area contributed by atoms with Gasteiger partial charge in [-0.25, -0.2) is 0 Å². The Kier molecular flexibility index (Phi) is 70.3. The molecule has 0 bridgehead atoms. The van der Waals surface area contributed by atoms with Crippen LogP contribution in [-0.2, 0) is 14.3 Å². The molecular weight excluding hydrogens is 995 g/mol. The molecule has 0 aromatic heterocycles. The van der Waals surface area contributed by atoms with Crippen LogP contribution < -0.4 is 5.32 Å². The molecule has 1 amide bonds. The molecule has 0 aliphatic carbocycles. The van der Waals surface area contributed by atoms with Gasteiger partial charge in [0.05, 0.1) is 25.4 Å². The monoisotopic (exact) mass is 1140 g/mol. The van der Waals surface area contributed by atoms with Crippen LogP contribution in [0.1, 0.15) is 444 Å². The van der Waals surface area contributed by atoms with Crippen LogP contribution in [0.15, 0.2) is 0 Å². The maximum Gasteiger partial charge on any atom is 0.305 e. The van der Waals surface area contributed by atoms with E-state index in [1.54, 1.807) is 0 Å². The lowest BCUT2D eigenvalue weighted by Gasteiger charge is -2.22. The van der Waals surface area contributed by atoms with Crippen molar-refractivity contribution in [3.63, 3.8) is 0 Å². The summed E-state index contributed by atoms with van der Waals surface area (Å²) in [7, 11) is 0. The molecule has 0 radical (unpaired) electrons. The van der Waals surface area contributed by atoms with Gasteiger partial charge >= 0.3 is 5.97 Å². The Morgan fingerprint density at radius 2 is 0.506 bits per heavy atom. The number of aliphatic hydroxyl groups excluding tert-OH is 2. The summed E-state index contributed by atoms with van der Waals surface area (Å²) in [5.41, 5.74) is 0. The first kappa shape index (κ1) is 79.9. The normalized spacial score (nSPS) is 12.4. The Labute approximate surface area is 508 Å². The fourth-order valence-electron chi connectivity index (χ4n) is 12.4. The van der Waals surface area contributed by atoms with Gasteiger partial charge in [0.15, 0.2) is 0 Å². The minimum absolute atomic E-state index is 0.0229. The second-order valence-corrected chi connectivity index (χ2v) is 26.4. The molecule has 0 aliphatic rings. The topological polar surface area (TPSA) is 95.9 Å². The summed E-state index contributed by atoms with van der Waals surface area (Å²) < 4.78 is 5.52. The third kappa shape index (κ3) is 67.9. The first-order chi connectivity index (χ1) is 40.0. The summed E-state index contributed by atoms with van der Waals surface area (Å²) >= 11 is 0. The molecule has 0 heterocycles. The molecule has 0 saturated heterocycles. The molecule has 484 valence electrons. The van der Waals surface area contributed by atoms with Gasteiger partial charge in [-0.1, -0.05) is 406 Å². The molecule has 0 aromatic carbocycles. The average molecular weight is 1150 g/mol. The van der Waals surface area contributed by atoms with Crippen LogP contribution >= 0.6 is 0 Å². The molecule has 2 unspecified atom stereocenters. The zero-order valence-electron chi connectivity index (χ0n) is 55.6. The first-order valence-corrected chi connectivity index (χ1v) is 37.8. The van der Waals surface area contributed by atoms with E-state index in [0.29, 0.717) is 25.9 Å². The van der Waals surface area contributed by atoms with Crippen molar-refractivity contribution >= 4 is 11.9 Å². The molecule has 0 spiro atoms. The minimum Gasteiger partial charge on any atom is -0.466 e. The first-order valence-electron chi connectivity index (χ1n) is 37.8. The number of hydrogen-bond donors (Lipinski definition) is 3. The second kappa shape index (κ2) is 71.3. The third-order valence-corrected chi connectivity index (χ3v) is 18.2. The van der Waals surface area contributed by atoms with Gasteiger partial charge in [-0.05, 0) is 25.7 Å². The number of unbranched alkanes of at least 4 members (excludes halogenated alkanes) is 61. The molecule has 2 atom stereocenters. The highest BCUT2D eigenvalue weighted by Gasteiger charge is 2.20. The van der Waals surface area contributed by atoms with Crippen LogP contribution in [0.5, 0.6) is 0 Å². The van der Waals surface area contributed by atoms with Crippen LogP contribution in [0.3, 0.4) is 0 Å². The minimum atomic E-state index is -0.663. The Morgan fingerprint density at radius 3 is 0.753 bits per heavy atom. The number of ether oxygens (including phenoxy) is 1. The number of aliphatic hydroxyl groups is 2.